The molecule has 1 aromatic carbocycles. The zero-order chi connectivity index (χ0) is 20.8. The monoisotopic (exact) mass is 424 g/mol. The van der Waals surface area contributed by atoms with Gasteiger partial charge in [-0.3, -0.25) is 9.48 Å². The molecule has 1 saturated carbocycles. The number of carbonyl (C=O) groups excluding carboxylic acids is 1. The van der Waals surface area contributed by atoms with Crippen molar-refractivity contribution in [1.29, 1.82) is 0 Å². The van der Waals surface area contributed by atoms with Gasteiger partial charge >= 0.3 is 5.76 Å². The normalized spacial score (nSPS) is 17.8. The second-order valence-corrected chi connectivity index (χ2v) is 9.29. The number of hydrogen-bond acceptors (Lipinski definition) is 5. The fourth-order valence-electron chi connectivity index (χ4n) is 3.65. The predicted molar refractivity (Wildman–Crippen MR) is 103 cm³/mol. The standard InChI is InChI=1S/C19H22F2N4O3S/c1-23-17(12-15(22-23)13-6-7-13)24-8-10-25(11-9-24)18(26)14-4-2-3-5-16(14)29(27,28)19(20)21/h2-5,12-13,19H,6-11H2,1H3. The van der Waals surface area contributed by atoms with Gasteiger partial charge in [0.05, 0.1) is 16.2 Å². The molecule has 0 bridgehead atoms. The first-order valence-corrected chi connectivity index (χ1v) is 11.0. The largest absolute Gasteiger partial charge is 0.353 e. The lowest BCUT2D eigenvalue weighted by Crippen LogP contribution is -2.49. The minimum atomic E-state index is -4.85. The number of hydrogen-bond donors (Lipinski definition) is 0. The number of carbonyl (C=O) groups is 1. The predicted octanol–water partition coefficient (Wildman–Crippen LogP) is 2.26. The fourth-order valence-corrected chi connectivity index (χ4v) is 4.57. The summed E-state index contributed by atoms with van der Waals surface area (Å²) < 4.78 is 51.7. The average molecular weight is 424 g/mol. The van der Waals surface area contributed by atoms with E-state index in [1.54, 1.807) is 0 Å². The smallest absolute Gasteiger partial charge is 0.341 e. The Morgan fingerprint density at radius 2 is 1.79 bits per heavy atom. The van der Waals surface area contributed by atoms with E-state index in [1.165, 1.54) is 35.9 Å². The summed E-state index contributed by atoms with van der Waals surface area (Å²) in [4.78, 5) is 15.9. The molecule has 7 nitrogen and oxygen atoms in total. The molecule has 156 valence electrons. The molecule has 0 atom stereocenters. The van der Waals surface area contributed by atoms with Crippen LogP contribution in [0.25, 0.3) is 0 Å². The second kappa shape index (κ2) is 7.40. The zero-order valence-corrected chi connectivity index (χ0v) is 16.8. The van der Waals surface area contributed by atoms with Crippen molar-refractivity contribution in [2.45, 2.75) is 29.4 Å². The average Bonchev–Trinajstić information content (AvgIpc) is 3.49. The Kier molecular flexibility index (Phi) is 5.05. The molecule has 4 rings (SSSR count). The van der Waals surface area contributed by atoms with Gasteiger partial charge in [0.2, 0.25) is 9.84 Å². The minimum Gasteiger partial charge on any atom is -0.353 e. The van der Waals surface area contributed by atoms with Crippen LogP contribution in [0.15, 0.2) is 35.2 Å². The Balaban J connectivity index is 1.49. The molecule has 0 N–H and O–H groups in total. The number of benzene rings is 1. The van der Waals surface area contributed by atoms with Gasteiger partial charge < -0.3 is 9.80 Å². The van der Waals surface area contributed by atoms with E-state index in [0.717, 1.165) is 17.6 Å². The van der Waals surface area contributed by atoms with Gasteiger partial charge in [0.25, 0.3) is 5.91 Å². The van der Waals surface area contributed by atoms with Crippen LogP contribution in [-0.2, 0) is 16.9 Å². The summed E-state index contributed by atoms with van der Waals surface area (Å²) in [5.74, 6) is -2.59. The molecule has 2 fully saturated rings. The minimum absolute atomic E-state index is 0.210. The van der Waals surface area contributed by atoms with Crippen LogP contribution in [0, 0.1) is 0 Å². The Morgan fingerprint density at radius 1 is 1.14 bits per heavy atom. The van der Waals surface area contributed by atoms with E-state index in [0.29, 0.717) is 32.1 Å². The van der Waals surface area contributed by atoms with Crippen LogP contribution in [0.1, 0.15) is 34.8 Å². The van der Waals surface area contributed by atoms with Gasteiger partial charge in [-0.15, -0.1) is 0 Å². The van der Waals surface area contributed by atoms with E-state index in [2.05, 4.69) is 16.1 Å². The van der Waals surface area contributed by atoms with Crippen LogP contribution in [0.4, 0.5) is 14.6 Å². The third-order valence-corrected chi connectivity index (χ3v) is 6.86. The van der Waals surface area contributed by atoms with Crippen molar-refractivity contribution in [3.63, 3.8) is 0 Å². The Hall–Kier alpha value is -2.49. The number of halogens is 2. The molecule has 2 aromatic rings. The molecule has 10 heteroatoms. The number of nitrogens with zero attached hydrogens (tertiary/aromatic N) is 4. The summed E-state index contributed by atoms with van der Waals surface area (Å²) >= 11 is 0. The number of sulfone groups is 1. The highest BCUT2D eigenvalue weighted by atomic mass is 32.2. The van der Waals surface area contributed by atoms with Crippen LogP contribution in [-0.4, -0.2) is 60.9 Å². The van der Waals surface area contributed by atoms with Gasteiger partial charge in [0.15, 0.2) is 0 Å². The maximum absolute atomic E-state index is 13.0. The van der Waals surface area contributed by atoms with Crippen LogP contribution in [0.5, 0.6) is 0 Å². The SMILES string of the molecule is Cn1nc(C2CC2)cc1N1CCN(C(=O)c2ccccc2S(=O)(=O)C(F)F)CC1. The molecule has 2 aliphatic rings. The Morgan fingerprint density at radius 3 is 2.41 bits per heavy atom. The summed E-state index contributed by atoms with van der Waals surface area (Å²) in [6.45, 7) is 1.84. The first-order chi connectivity index (χ1) is 13.8. The Labute approximate surface area is 167 Å². The molecule has 29 heavy (non-hydrogen) atoms. The van der Waals surface area contributed by atoms with Crippen molar-refractivity contribution in [2.75, 3.05) is 31.1 Å². The van der Waals surface area contributed by atoms with Crippen LogP contribution in [0.3, 0.4) is 0 Å². The zero-order valence-electron chi connectivity index (χ0n) is 16.0. The van der Waals surface area contributed by atoms with Crippen LogP contribution >= 0.6 is 0 Å². The maximum Gasteiger partial charge on any atom is 0.341 e. The lowest BCUT2D eigenvalue weighted by molar-refractivity contribution is 0.0742. The highest BCUT2D eigenvalue weighted by Gasteiger charge is 2.33. The van der Waals surface area contributed by atoms with Gasteiger partial charge in [0, 0.05) is 45.2 Å². The van der Waals surface area contributed by atoms with Crippen molar-refractivity contribution in [1.82, 2.24) is 14.7 Å². The first kappa shape index (κ1) is 19.8. The molecular weight excluding hydrogens is 402 g/mol. The number of rotatable bonds is 5. The van der Waals surface area contributed by atoms with E-state index in [1.807, 2.05) is 11.7 Å². The van der Waals surface area contributed by atoms with Crippen molar-refractivity contribution in [3.8, 4) is 0 Å². The van der Waals surface area contributed by atoms with Gasteiger partial charge in [-0.2, -0.15) is 13.9 Å². The van der Waals surface area contributed by atoms with E-state index in [9.17, 15) is 22.0 Å². The molecule has 1 aliphatic heterocycles. The number of aryl methyl sites for hydroxylation is 1. The number of alkyl halides is 2. The lowest BCUT2D eigenvalue weighted by atomic mass is 10.1. The Bertz CT molecular complexity index is 1030. The van der Waals surface area contributed by atoms with Crippen molar-refractivity contribution < 1.29 is 22.0 Å². The summed E-state index contributed by atoms with van der Waals surface area (Å²) in [5, 5.41) is 4.56. The maximum atomic E-state index is 13.0. The molecule has 0 unspecified atom stereocenters. The highest BCUT2D eigenvalue weighted by molar-refractivity contribution is 7.91. The molecule has 1 saturated heterocycles. The third kappa shape index (κ3) is 3.73. The molecule has 0 spiro atoms. The van der Waals surface area contributed by atoms with Gasteiger partial charge in [0.1, 0.15) is 5.82 Å². The van der Waals surface area contributed by atoms with Gasteiger partial charge in [-0.1, -0.05) is 12.1 Å². The second-order valence-electron chi connectivity index (χ2n) is 7.41. The van der Waals surface area contributed by atoms with Gasteiger partial charge in [-0.05, 0) is 25.0 Å². The van der Waals surface area contributed by atoms with E-state index >= 15 is 0 Å². The quantitative estimate of drug-likeness (QED) is 0.736. The number of amides is 1. The molecule has 1 aromatic heterocycles. The van der Waals surface area contributed by atoms with Crippen molar-refractivity contribution >= 4 is 21.6 Å². The summed E-state index contributed by atoms with van der Waals surface area (Å²) in [6.07, 6.45) is 2.33. The van der Waals surface area contributed by atoms with Crippen LogP contribution < -0.4 is 4.90 Å². The number of aromatic nitrogens is 2. The molecular formula is C19H22F2N4O3S. The lowest BCUT2D eigenvalue weighted by Gasteiger charge is -2.36. The van der Waals surface area contributed by atoms with E-state index < -0.39 is 26.4 Å². The van der Waals surface area contributed by atoms with Gasteiger partial charge in [-0.25, -0.2) is 8.42 Å². The molecule has 2 heterocycles. The number of anilines is 1. The molecule has 1 amide bonds. The van der Waals surface area contributed by atoms with Crippen LogP contribution in [0.2, 0.25) is 0 Å². The molecule has 1 aliphatic carbocycles. The summed E-state index contributed by atoms with van der Waals surface area (Å²) in [5.41, 5.74) is 0.880. The van der Waals surface area contributed by atoms with Crippen molar-refractivity contribution in [2.24, 2.45) is 7.05 Å². The van der Waals surface area contributed by atoms with Crippen molar-refractivity contribution in [3.05, 3.63) is 41.6 Å². The highest BCUT2D eigenvalue weighted by Crippen LogP contribution is 2.40. The topological polar surface area (TPSA) is 75.5 Å². The van der Waals surface area contributed by atoms with E-state index in [4.69, 9.17) is 0 Å². The molecule has 0 radical (unpaired) electrons. The fraction of sp³-hybridized carbons (Fsp3) is 0.474. The summed E-state index contributed by atoms with van der Waals surface area (Å²) in [7, 11) is -2.96. The number of piperazine rings is 1. The first-order valence-electron chi connectivity index (χ1n) is 9.48. The third-order valence-electron chi connectivity index (χ3n) is 5.42. The van der Waals surface area contributed by atoms with E-state index in [-0.39, 0.29) is 5.56 Å². The summed E-state index contributed by atoms with van der Waals surface area (Å²) in [6, 6.07) is 7.24.